The highest BCUT2D eigenvalue weighted by Gasteiger charge is 2.35. The van der Waals surface area contributed by atoms with E-state index in [4.69, 9.17) is 0 Å². The molecule has 1 amide bonds. The van der Waals surface area contributed by atoms with Gasteiger partial charge in [-0.05, 0) is 38.0 Å². The van der Waals surface area contributed by atoms with E-state index in [1.807, 2.05) is 48.0 Å². The van der Waals surface area contributed by atoms with Gasteiger partial charge in [-0.2, -0.15) is 5.10 Å². The van der Waals surface area contributed by atoms with Gasteiger partial charge in [-0.15, -0.1) is 11.3 Å². The van der Waals surface area contributed by atoms with Crippen LogP contribution in [0.2, 0.25) is 0 Å². The van der Waals surface area contributed by atoms with Crippen LogP contribution in [0.5, 0.6) is 0 Å². The lowest BCUT2D eigenvalue weighted by Crippen LogP contribution is -2.40. The highest BCUT2D eigenvalue weighted by molar-refractivity contribution is 7.20. The molecule has 128 valence electrons. The van der Waals surface area contributed by atoms with E-state index in [2.05, 4.69) is 5.10 Å². The first-order valence-corrected chi connectivity index (χ1v) is 8.96. The van der Waals surface area contributed by atoms with Crippen LogP contribution in [-0.2, 0) is 4.79 Å². The fourth-order valence-corrected chi connectivity index (χ4v) is 4.44. The van der Waals surface area contributed by atoms with Gasteiger partial charge in [0.05, 0.1) is 16.3 Å². The van der Waals surface area contributed by atoms with E-state index in [0.29, 0.717) is 17.8 Å². The third-order valence-electron chi connectivity index (χ3n) is 4.55. The lowest BCUT2D eigenvalue weighted by Gasteiger charge is -2.20. The van der Waals surface area contributed by atoms with Crippen LogP contribution in [0, 0.1) is 6.92 Å². The average Bonchev–Trinajstić information content (AvgIpc) is 3.31. The number of carboxylic acid groups (broad SMARTS) is 1. The molecular formula is C18H17N3O3S. The van der Waals surface area contributed by atoms with Gasteiger partial charge in [0.15, 0.2) is 0 Å². The van der Waals surface area contributed by atoms with E-state index >= 15 is 0 Å². The van der Waals surface area contributed by atoms with Crippen molar-refractivity contribution < 1.29 is 14.7 Å². The summed E-state index contributed by atoms with van der Waals surface area (Å²) >= 11 is 1.36. The zero-order valence-electron chi connectivity index (χ0n) is 13.7. The van der Waals surface area contributed by atoms with Gasteiger partial charge in [0.2, 0.25) is 0 Å². The second kappa shape index (κ2) is 6.00. The van der Waals surface area contributed by atoms with Crippen LogP contribution in [0.15, 0.2) is 36.4 Å². The first kappa shape index (κ1) is 15.8. The van der Waals surface area contributed by atoms with Gasteiger partial charge in [0.1, 0.15) is 10.9 Å². The zero-order chi connectivity index (χ0) is 17.6. The number of benzene rings is 1. The predicted octanol–water partition coefficient (Wildman–Crippen LogP) is 3.08. The number of carbonyl (C=O) groups excluding carboxylic acids is 1. The Bertz CT molecular complexity index is 961. The molecule has 1 aliphatic heterocycles. The third kappa shape index (κ3) is 2.60. The average molecular weight is 355 g/mol. The van der Waals surface area contributed by atoms with Crippen molar-refractivity contribution in [2.75, 3.05) is 6.54 Å². The number of aryl methyl sites for hydroxylation is 1. The standard InChI is InChI=1S/C18H17N3O3S/c1-11-13-10-15(16(22)20-9-5-8-14(20)18(23)24)25-17(13)21(19-11)12-6-3-2-4-7-12/h2-4,6-7,10,14H,5,8-9H2,1H3,(H,23,24)/t14-/m0/s1. The summed E-state index contributed by atoms with van der Waals surface area (Å²) in [6.45, 7) is 2.41. The van der Waals surface area contributed by atoms with Crippen LogP contribution >= 0.6 is 11.3 Å². The molecule has 25 heavy (non-hydrogen) atoms. The Balaban J connectivity index is 1.75. The number of rotatable bonds is 3. The molecule has 1 fully saturated rings. The summed E-state index contributed by atoms with van der Waals surface area (Å²) in [5, 5.41) is 14.8. The fourth-order valence-electron chi connectivity index (χ4n) is 3.30. The monoisotopic (exact) mass is 355 g/mol. The molecule has 0 unspecified atom stereocenters. The maximum atomic E-state index is 12.8. The molecule has 3 aromatic rings. The highest BCUT2D eigenvalue weighted by atomic mass is 32.1. The molecule has 1 aliphatic rings. The molecule has 4 rings (SSSR count). The van der Waals surface area contributed by atoms with E-state index < -0.39 is 12.0 Å². The van der Waals surface area contributed by atoms with Crippen molar-refractivity contribution in [2.45, 2.75) is 25.8 Å². The second-order valence-corrected chi connectivity index (χ2v) is 7.19. The van der Waals surface area contributed by atoms with Crippen molar-refractivity contribution in [3.63, 3.8) is 0 Å². The number of amides is 1. The Morgan fingerprint density at radius 3 is 2.76 bits per heavy atom. The molecule has 1 N–H and O–H groups in total. The van der Waals surface area contributed by atoms with Crippen LogP contribution in [0.1, 0.15) is 28.2 Å². The van der Waals surface area contributed by atoms with Crippen LogP contribution in [0.4, 0.5) is 0 Å². The number of aliphatic carboxylic acids is 1. The van der Waals surface area contributed by atoms with Gasteiger partial charge >= 0.3 is 5.97 Å². The second-order valence-electron chi connectivity index (χ2n) is 6.16. The molecule has 1 atom stereocenters. The van der Waals surface area contributed by atoms with Gasteiger partial charge in [0.25, 0.3) is 5.91 Å². The molecule has 0 spiro atoms. The minimum absolute atomic E-state index is 0.204. The summed E-state index contributed by atoms with van der Waals surface area (Å²) in [6.07, 6.45) is 1.24. The van der Waals surface area contributed by atoms with Crippen LogP contribution in [-0.4, -0.2) is 44.3 Å². The van der Waals surface area contributed by atoms with Gasteiger partial charge in [-0.1, -0.05) is 18.2 Å². The highest BCUT2D eigenvalue weighted by Crippen LogP contribution is 2.32. The third-order valence-corrected chi connectivity index (χ3v) is 5.65. The summed E-state index contributed by atoms with van der Waals surface area (Å²) in [5.74, 6) is -1.14. The summed E-state index contributed by atoms with van der Waals surface area (Å²) < 4.78 is 1.84. The molecule has 3 heterocycles. The first-order valence-electron chi connectivity index (χ1n) is 8.14. The Morgan fingerprint density at radius 2 is 2.04 bits per heavy atom. The molecule has 0 bridgehead atoms. The molecule has 7 heteroatoms. The maximum Gasteiger partial charge on any atom is 0.326 e. The van der Waals surface area contributed by atoms with Crippen molar-refractivity contribution in [2.24, 2.45) is 0 Å². The Morgan fingerprint density at radius 1 is 1.28 bits per heavy atom. The van der Waals surface area contributed by atoms with Gasteiger partial charge in [0, 0.05) is 11.9 Å². The Labute approximate surface area is 148 Å². The van der Waals surface area contributed by atoms with Crippen LogP contribution in [0.25, 0.3) is 15.9 Å². The Kier molecular flexibility index (Phi) is 3.80. The van der Waals surface area contributed by atoms with Crippen LogP contribution in [0.3, 0.4) is 0 Å². The lowest BCUT2D eigenvalue weighted by molar-refractivity contribution is -0.141. The number of para-hydroxylation sites is 1. The van der Waals surface area contributed by atoms with Crippen LogP contribution < -0.4 is 0 Å². The number of aromatic nitrogens is 2. The van der Waals surface area contributed by atoms with Crippen molar-refractivity contribution in [3.8, 4) is 5.69 Å². The Hall–Kier alpha value is -2.67. The lowest BCUT2D eigenvalue weighted by atomic mass is 10.2. The number of likely N-dealkylation sites (tertiary alicyclic amines) is 1. The van der Waals surface area contributed by atoms with Gasteiger partial charge < -0.3 is 10.0 Å². The molecule has 0 radical (unpaired) electrons. The number of hydrogen-bond acceptors (Lipinski definition) is 4. The molecule has 1 aromatic carbocycles. The molecule has 0 aliphatic carbocycles. The van der Waals surface area contributed by atoms with Gasteiger partial charge in [-0.25, -0.2) is 9.48 Å². The molecule has 1 saturated heterocycles. The van der Waals surface area contributed by atoms with E-state index in [9.17, 15) is 14.7 Å². The minimum atomic E-state index is -0.932. The molecule has 6 nitrogen and oxygen atoms in total. The number of fused-ring (bicyclic) bond motifs is 1. The van der Waals surface area contributed by atoms with Crippen molar-refractivity contribution in [1.82, 2.24) is 14.7 Å². The SMILES string of the molecule is Cc1nn(-c2ccccc2)c2sc(C(=O)N3CCC[C@H]3C(=O)O)cc12. The quantitative estimate of drug-likeness (QED) is 0.783. The summed E-state index contributed by atoms with van der Waals surface area (Å²) in [4.78, 5) is 27.1. The first-order chi connectivity index (χ1) is 12.1. The molecule has 0 saturated carbocycles. The maximum absolute atomic E-state index is 12.8. The van der Waals surface area contributed by atoms with E-state index in [0.717, 1.165) is 28.0 Å². The normalized spacial score (nSPS) is 17.3. The van der Waals surface area contributed by atoms with E-state index in [-0.39, 0.29) is 5.91 Å². The topological polar surface area (TPSA) is 75.4 Å². The number of hydrogen-bond donors (Lipinski definition) is 1. The largest absolute Gasteiger partial charge is 0.480 e. The number of thiophene rings is 1. The van der Waals surface area contributed by atoms with Gasteiger partial charge in [-0.3, -0.25) is 4.79 Å². The number of carboxylic acids is 1. The summed E-state index contributed by atoms with van der Waals surface area (Å²) in [7, 11) is 0. The summed E-state index contributed by atoms with van der Waals surface area (Å²) in [6, 6.07) is 10.9. The van der Waals surface area contributed by atoms with Crippen molar-refractivity contribution in [1.29, 1.82) is 0 Å². The smallest absolute Gasteiger partial charge is 0.326 e. The molecule has 2 aromatic heterocycles. The zero-order valence-corrected chi connectivity index (χ0v) is 14.5. The predicted molar refractivity (Wildman–Crippen MR) is 95.4 cm³/mol. The van der Waals surface area contributed by atoms with Crippen molar-refractivity contribution >= 4 is 33.4 Å². The number of nitrogens with zero attached hydrogens (tertiary/aromatic N) is 3. The van der Waals surface area contributed by atoms with Crippen molar-refractivity contribution in [3.05, 3.63) is 47.0 Å². The fraction of sp³-hybridized carbons (Fsp3) is 0.278. The van der Waals surface area contributed by atoms with E-state index in [1.54, 1.807) is 0 Å². The summed E-state index contributed by atoms with van der Waals surface area (Å²) in [5.41, 5.74) is 1.79. The number of carbonyl (C=O) groups is 2. The minimum Gasteiger partial charge on any atom is -0.480 e. The van der Waals surface area contributed by atoms with E-state index in [1.165, 1.54) is 16.2 Å². The molecular weight excluding hydrogens is 338 g/mol.